The largest absolute Gasteiger partial charge is 0.492 e. The van der Waals surface area contributed by atoms with Crippen LogP contribution in [0, 0.1) is 0 Å². The van der Waals surface area contributed by atoms with E-state index in [1.54, 1.807) is 30.3 Å². The van der Waals surface area contributed by atoms with Crippen molar-refractivity contribution in [2.75, 3.05) is 7.05 Å². The molecule has 16 heavy (non-hydrogen) atoms. The van der Waals surface area contributed by atoms with E-state index in [0.717, 1.165) is 10.6 Å². The molecular weight excluding hydrogens is 223 g/mol. The van der Waals surface area contributed by atoms with Crippen molar-refractivity contribution in [1.82, 2.24) is 5.06 Å². The standard InChI is InChI=1S/C10H10F3NO2/c1-14(16-9(15)10(11,12)13)7-8-5-3-2-4-6-8/h2-6H,7H2,1H3. The van der Waals surface area contributed by atoms with E-state index >= 15 is 0 Å². The number of alkyl halides is 3. The molecule has 0 amide bonds. The molecule has 0 N–H and O–H groups in total. The highest BCUT2D eigenvalue weighted by Crippen LogP contribution is 2.17. The van der Waals surface area contributed by atoms with Crippen LogP contribution in [0.5, 0.6) is 0 Å². The number of hydrogen-bond acceptors (Lipinski definition) is 3. The number of rotatable bonds is 3. The highest BCUT2D eigenvalue weighted by atomic mass is 19.4. The number of benzene rings is 1. The van der Waals surface area contributed by atoms with E-state index in [4.69, 9.17) is 0 Å². The molecule has 0 unspecified atom stereocenters. The van der Waals surface area contributed by atoms with Crippen molar-refractivity contribution < 1.29 is 22.8 Å². The summed E-state index contributed by atoms with van der Waals surface area (Å²) in [6, 6.07) is 8.71. The summed E-state index contributed by atoms with van der Waals surface area (Å²) in [5.74, 6) is -2.22. The van der Waals surface area contributed by atoms with E-state index in [-0.39, 0.29) is 6.54 Å². The maximum absolute atomic E-state index is 11.8. The summed E-state index contributed by atoms with van der Waals surface area (Å²) >= 11 is 0. The number of carbonyl (C=O) groups is 1. The molecule has 1 aromatic carbocycles. The van der Waals surface area contributed by atoms with Crippen molar-refractivity contribution in [1.29, 1.82) is 0 Å². The van der Waals surface area contributed by atoms with Gasteiger partial charge in [-0.05, 0) is 5.56 Å². The fraction of sp³-hybridized carbons (Fsp3) is 0.300. The quantitative estimate of drug-likeness (QED) is 0.749. The van der Waals surface area contributed by atoms with Crippen LogP contribution < -0.4 is 0 Å². The Morgan fingerprint density at radius 2 is 1.88 bits per heavy atom. The van der Waals surface area contributed by atoms with Gasteiger partial charge in [-0.25, -0.2) is 4.79 Å². The lowest BCUT2D eigenvalue weighted by Crippen LogP contribution is -2.32. The molecule has 0 fully saturated rings. The third-order valence-electron chi connectivity index (χ3n) is 1.72. The van der Waals surface area contributed by atoms with Gasteiger partial charge in [-0.1, -0.05) is 30.3 Å². The summed E-state index contributed by atoms with van der Waals surface area (Å²) in [4.78, 5) is 14.6. The predicted molar refractivity (Wildman–Crippen MR) is 50.1 cm³/mol. The van der Waals surface area contributed by atoms with Crippen molar-refractivity contribution in [3.63, 3.8) is 0 Å². The topological polar surface area (TPSA) is 29.5 Å². The molecule has 0 saturated heterocycles. The second-order valence-electron chi connectivity index (χ2n) is 3.15. The smallest absolute Gasteiger partial charge is 0.361 e. The average molecular weight is 233 g/mol. The maximum atomic E-state index is 11.8. The number of hydroxylamine groups is 2. The van der Waals surface area contributed by atoms with Gasteiger partial charge in [-0.2, -0.15) is 13.2 Å². The van der Waals surface area contributed by atoms with Crippen molar-refractivity contribution in [2.45, 2.75) is 12.7 Å². The molecule has 6 heteroatoms. The monoisotopic (exact) mass is 233 g/mol. The van der Waals surface area contributed by atoms with Crippen LogP contribution in [0.1, 0.15) is 5.56 Å². The molecule has 0 radical (unpaired) electrons. The number of hydrogen-bond donors (Lipinski definition) is 0. The Labute approximate surface area is 90.4 Å². The SMILES string of the molecule is CN(Cc1ccccc1)OC(=O)C(F)(F)F. The van der Waals surface area contributed by atoms with Gasteiger partial charge in [0.15, 0.2) is 0 Å². The van der Waals surface area contributed by atoms with Crippen LogP contribution in [0.25, 0.3) is 0 Å². The van der Waals surface area contributed by atoms with E-state index in [1.165, 1.54) is 7.05 Å². The van der Waals surface area contributed by atoms with Gasteiger partial charge in [0.2, 0.25) is 0 Å². The molecule has 3 nitrogen and oxygen atoms in total. The Bertz CT molecular complexity index is 351. The molecular formula is C10H10F3NO2. The number of halogens is 3. The minimum absolute atomic E-state index is 0.0999. The highest BCUT2D eigenvalue weighted by Gasteiger charge is 2.42. The summed E-state index contributed by atoms with van der Waals surface area (Å²) in [6.45, 7) is 0.0999. The fourth-order valence-corrected chi connectivity index (χ4v) is 1.07. The Kier molecular flexibility index (Phi) is 3.89. The highest BCUT2D eigenvalue weighted by molar-refractivity contribution is 5.75. The van der Waals surface area contributed by atoms with Crippen molar-refractivity contribution in [2.24, 2.45) is 0 Å². The summed E-state index contributed by atoms with van der Waals surface area (Å²) in [5, 5.41) is 0.838. The molecule has 0 saturated carbocycles. The first-order valence-electron chi connectivity index (χ1n) is 4.44. The third-order valence-corrected chi connectivity index (χ3v) is 1.72. The van der Waals surface area contributed by atoms with Crippen LogP contribution in [-0.2, 0) is 16.2 Å². The van der Waals surface area contributed by atoms with Crippen LogP contribution >= 0.6 is 0 Å². The zero-order chi connectivity index (χ0) is 12.2. The zero-order valence-corrected chi connectivity index (χ0v) is 8.49. The van der Waals surface area contributed by atoms with Gasteiger partial charge in [0, 0.05) is 7.05 Å². The van der Waals surface area contributed by atoms with Crippen molar-refractivity contribution in [3.8, 4) is 0 Å². The Balaban J connectivity index is 2.49. The van der Waals surface area contributed by atoms with Gasteiger partial charge in [0.25, 0.3) is 0 Å². The van der Waals surface area contributed by atoms with E-state index in [1.807, 2.05) is 0 Å². The van der Waals surface area contributed by atoms with E-state index in [9.17, 15) is 18.0 Å². The van der Waals surface area contributed by atoms with Crippen LogP contribution in [0.2, 0.25) is 0 Å². The lowest BCUT2D eigenvalue weighted by molar-refractivity contribution is -0.235. The number of nitrogens with zero attached hydrogens (tertiary/aromatic N) is 1. The molecule has 0 spiro atoms. The van der Waals surface area contributed by atoms with Gasteiger partial charge < -0.3 is 4.84 Å². The normalized spacial score (nSPS) is 11.6. The molecule has 0 heterocycles. The molecule has 0 aliphatic rings. The van der Waals surface area contributed by atoms with Gasteiger partial charge >= 0.3 is 12.1 Å². The molecule has 0 aliphatic carbocycles. The fourth-order valence-electron chi connectivity index (χ4n) is 1.07. The first-order valence-corrected chi connectivity index (χ1v) is 4.44. The number of carbonyl (C=O) groups excluding carboxylic acids is 1. The van der Waals surface area contributed by atoms with Gasteiger partial charge in [-0.15, -0.1) is 5.06 Å². The van der Waals surface area contributed by atoms with Gasteiger partial charge in [0.1, 0.15) is 0 Å². The van der Waals surface area contributed by atoms with Crippen LogP contribution in [0.4, 0.5) is 13.2 Å². The lowest BCUT2D eigenvalue weighted by atomic mass is 10.2. The molecule has 0 aromatic heterocycles. The van der Waals surface area contributed by atoms with E-state index in [2.05, 4.69) is 4.84 Å². The molecule has 1 aromatic rings. The van der Waals surface area contributed by atoms with E-state index < -0.39 is 12.1 Å². The van der Waals surface area contributed by atoms with E-state index in [0.29, 0.717) is 0 Å². The average Bonchev–Trinajstić information content (AvgIpc) is 2.17. The van der Waals surface area contributed by atoms with Gasteiger partial charge in [0.05, 0.1) is 6.54 Å². The molecule has 1 rings (SSSR count). The van der Waals surface area contributed by atoms with Crippen LogP contribution in [0.3, 0.4) is 0 Å². The minimum atomic E-state index is -4.97. The minimum Gasteiger partial charge on any atom is -0.361 e. The lowest BCUT2D eigenvalue weighted by Gasteiger charge is -2.16. The summed E-state index contributed by atoms with van der Waals surface area (Å²) in [5.41, 5.74) is 0.750. The molecule has 88 valence electrons. The maximum Gasteiger partial charge on any atom is 0.492 e. The second kappa shape index (κ2) is 4.98. The Morgan fingerprint density at radius 1 is 1.31 bits per heavy atom. The molecule has 0 bridgehead atoms. The summed E-state index contributed by atoms with van der Waals surface area (Å²) in [6.07, 6.45) is -4.97. The first kappa shape index (κ1) is 12.5. The molecule has 0 atom stereocenters. The van der Waals surface area contributed by atoms with Gasteiger partial charge in [-0.3, -0.25) is 0 Å². The first-order chi connectivity index (χ1) is 7.39. The molecule has 0 aliphatic heterocycles. The Hall–Kier alpha value is -1.56. The van der Waals surface area contributed by atoms with Crippen LogP contribution in [-0.4, -0.2) is 24.3 Å². The second-order valence-corrected chi connectivity index (χ2v) is 3.15. The summed E-state index contributed by atoms with van der Waals surface area (Å²) < 4.78 is 35.5. The summed E-state index contributed by atoms with van der Waals surface area (Å²) in [7, 11) is 1.26. The predicted octanol–water partition coefficient (Wildman–Crippen LogP) is 2.14. The third kappa shape index (κ3) is 3.90. The van der Waals surface area contributed by atoms with Crippen LogP contribution in [0.15, 0.2) is 30.3 Å². The zero-order valence-electron chi connectivity index (χ0n) is 8.49. The Morgan fingerprint density at radius 3 is 2.38 bits per heavy atom. The van der Waals surface area contributed by atoms with Crippen molar-refractivity contribution in [3.05, 3.63) is 35.9 Å². The van der Waals surface area contributed by atoms with Crippen molar-refractivity contribution >= 4 is 5.97 Å².